The van der Waals surface area contributed by atoms with E-state index in [4.69, 9.17) is 23.2 Å². The minimum Gasteiger partial charge on any atom is -0.322 e. The summed E-state index contributed by atoms with van der Waals surface area (Å²) in [4.78, 5) is 12.2. The number of hydrogen-bond acceptors (Lipinski definition) is 3. The lowest BCUT2D eigenvalue weighted by Crippen LogP contribution is -2.37. The molecule has 132 valence electrons. The highest BCUT2D eigenvalue weighted by Crippen LogP contribution is 2.26. The van der Waals surface area contributed by atoms with E-state index in [-0.39, 0.29) is 11.7 Å². The predicted octanol–water partition coefficient (Wildman–Crippen LogP) is 4.18. The van der Waals surface area contributed by atoms with Gasteiger partial charge in [-0.1, -0.05) is 23.2 Å². The summed E-state index contributed by atoms with van der Waals surface area (Å²) in [6.07, 6.45) is 1.53. The van der Waals surface area contributed by atoms with Gasteiger partial charge in [-0.2, -0.15) is 0 Å². The van der Waals surface area contributed by atoms with Crippen LogP contribution < -0.4 is 9.62 Å². The van der Waals surface area contributed by atoms with Crippen LogP contribution in [0.15, 0.2) is 42.5 Å². The van der Waals surface area contributed by atoms with Gasteiger partial charge in [0.05, 0.1) is 21.5 Å². The first-order valence-corrected chi connectivity index (χ1v) is 10.1. The second-order valence-corrected chi connectivity index (χ2v) is 8.55. The van der Waals surface area contributed by atoms with Crippen LogP contribution in [0.1, 0.15) is 23.2 Å². The average molecular weight is 399 g/mol. The van der Waals surface area contributed by atoms with Gasteiger partial charge in [0.15, 0.2) is 0 Å². The maximum atomic E-state index is 12.2. The second kappa shape index (κ2) is 7.23. The van der Waals surface area contributed by atoms with E-state index in [0.29, 0.717) is 39.9 Å². The first-order valence-electron chi connectivity index (χ1n) is 7.74. The van der Waals surface area contributed by atoms with Gasteiger partial charge in [-0.05, 0) is 55.3 Å². The van der Waals surface area contributed by atoms with Gasteiger partial charge in [0.25, 0.3) is 5.91 Å². The van der Waals surface area contributed by atoms with Crippen molar-refractivity contribution in [1.82, 2.24) is 0 Å². The molecule has 0 aromatic heterocycles. The Labute approximate surface area is 156 Å². The second-order valence-electron chi connectivity index (χ2n) is 5.73. The number of benzene rings is 2. The Kier molecular flexibility index (Phi) is 5.22. The SMILES string of the molecule is O=C(Nc1ccc(N2CCCCS2(=O)=O)cc1)c1ccc(Cl)c(Cl)c1. The van der Waals surface area contributed by atoms with E-state index in [2.05, 4.69) is 5.32 Å². The highest BCUT2D eigenvalue weighted by molar-refractivity contribution is 7.92. The quantitative estimate of drug-likeness (QED) is 0.842. The summed E-state index contributed by atoms with van der Waals surface area (Å²) >= 11 is 11.8. The molecule has 1 fully saturated rings. The molecule has 1 aliphatic heterocycles. The zero-order chi connectivity index (χ0) is 18.0. The topological polar surface area (TPSA) is 66.5 Å². The van der Waals surface area contributed by atoms with Gasteiger partial charge in [0.1, 0.15) is 0 Å². The van der Waals surface area contributed by atoms with Gasteiger partial charge in [-0.25, -0.2) is 8.42 Å². The predicted molar refractivity (Wildman–Crippen MR) is 101 cm³/mol. The summed E-state index contributed by atoms with van der Waals surface area (Å²) in [6.45, 7) is 0.483. The molecule has 0 spiro atoms. The Balaban J connectivity index is 1.74. The third kappa shape index (κ3) is 4.08. The van der Waals surface area contributed by atoms with Gasteiger partial charge < -0.3 is 5.32 Å². The lowest BCUT2D eigenvalue weighted by atomic mass is 10.2. The number of anilines is 2. The third-order valence-electron chi connectivity index (χ3n) is 3.94. The number of carbonyl (C=O) groups excluding carboxylic acids is 1. The number of nitrogens with one attached hydrogen (secondary N) is 1. The molecule has 8 heteroatoms. The molecule has 2 aromatic rings. The Morgan fingerprint density at radius 1 is 1.00 bits per heavy atom. The summed E-state index contributed by atoms with van der Waals surface area (Å²) < 4.78 is 25.7. The van der Waals surface area contributed by atoms with Crippen molar-refractivity contribution in [2.75, 3.05) is 21.9 Å². The van der Waals surface area contributed by atoms with Crippen molar-refractivity contribution in [3.05, 3.63) is 58.1 Å². The number of carbonyl (C=O) groups is 1. The molecule has 3 rings (SSSR count). The van der Waals surface area contributed by atoms with Crippen LogP contribution in [0.5, 0.6) is 0 Å². The van der Waals surface area contributed by atoms with E-state index in [9.17, 15) is 13.2 Å². The lowest BCUT2D eigenvalue weighted by Gasteiger charge is -2.28. The van der Waals surface area contributed by atoms with Crippen molar-refractivity contribution >= 4 is 50.5 Å². The van der Waals surface area contributed by atoms with Gasteiger partial charge in [-0.15, -0.1) is 0 Å². The van der Waals surface area contributed by atoms with Crippen LogP contribution in [0.25, 0.3) is 0 Å². The minimum absolute atomic E-state index is 0.169. The summed E-state index contributed by atoms with van der Waals surface area (Å²) in [5.74, 6) is -0.153. The number of sulfonamides is 1. The highest BCUT2D eigenvalue weighted by Gasteiger charge is 2.25. The monoisotopic (exact) mass is 398 g/mol. The smallest absolute Gasteiger partial charge is 0.255 e. The molecule has 5 nitrogen and oxygen atoms in total. The van der Waals surface area contributed by atoms with Crippen molar-refractivity contribution < 1.29 is 13.2 Å². The van der Waals surface area contributed by atoms with Crippen LogP contribution >= 0.6 is 23.2 Å². The molecule has 0 aliphatic carbocycles. The molecular weight excluding hydrogens is 383 g/mol. The minimum atomic E-state index is -3.25. The van der Waals surface area contributed by atoms with Gasteiger partial charge in [0, 0.05) is 17.8 Å². The van der Waals surface area contributed by atoms with E-state index in [1.165, 1.54) is 10.4 Å². The number of hydrogen-bond donors (Lipinski definition) is 1. The first kappa shape index (κ1) is 18.0. The van der Waals surface area contributed by atoms with Crippen LogP contribution in [-0.4, -0.2) is 26.6 Å². The Hall–Kier alpha value is -1.76. The van der Waals surface area contributed by atoms with Crippen LogP contribution in [0.4, 0.5) is 11.4 Å². The van der Waals surface area contributed by atoms with E-state index < -0.39 is 10.0 Å². The van der Waals surface area contributed by atoms with Crippen LogP contribution in [0, 0.1) is 0 Å². The van der Waals surface area contributed by atoms with E-state index in [1.54, 1.807) is 36.4 Å². The molecule has 25 heavy (non-hydrogen) atoms. The Bertz CT molecular complexity index is 899. The fraction of sp³-hybridized carbons (Fsp3) is 0.235. The molecule has 0 radical (unpaired) electrons. The summed E-state index contributed by atoms with van der Waals surface area (Å²) in [5, 5.41) is 3.43. The summed E-state index contributed by atoms with van der Waals surface area (Å²) in [5.41, 5.74) is 1.55. The third-order valence-corrected chi connectivity index (χ3v) is 6.55. The molecule has 1 aliphatic rings. The van der Waals surface area contributed by atoms with Crippen LogP contribution in [0.2, 0.25) is 10.0 Å². The van der Waals surface area contributed by atoms with Crippen LogP contribution in [0.3, 0.4) is 0 Å². The van der Waals surface area contributed by atoms with Gasteiger partial charge >= 0.3 is 0 Å². The largest absolute Gasteiger partial charge is 0.322 e. The molecule has 0 bridgehead atoms. The van der Waals surface area contributed by atoms with Crippen molar-refractivity contribution in [2.45, 2.75) is 12.8 Å². The van der Waals surface area contributed by atoms with Crippen LogP contribution in [-0.2, 0) is 10.0 Å². The highest BCUT2D eigenvalue weighted by atomic mass is 35.5. The Morgan fingerprint density at radius 3 is 2.36 bits per heavy atom. The molecule has 1 saturated heterocycles. The molecular formula is C17H16Cl2N2O3S. The number of nitrogens with zero attached hydrogens (tertiary/aromatic N) is 1. The van der Waals surface area contributed by atoms with Gasteiger partial charge in [0.2, 0.25) is 10.0 Å². The molecule has 1 N–H and O–H groups in total. The molecule has 0 unspecified atom stereocenters. The zero-order valence-electron chi connectivity index (χ0n) is 13.2. The fourth-order valence-electron chi connectivity index (χ4n) is 2.63. The van der Waals surface area contributed by atoms with Crippen molar-refractivity contribution in [3.8, 4) is 0 Å². The number of rotatable bonds is 3. The molecule has 0 atom stereocenters. The molecule has 0 saturated carbocycles. The maximum absolute atomic E-state index is 12.2. The van der Waals surface area contributed by atoms with Crippen molar-refractivity contribution in [1.29, 1.82) is 0 Å². The standard InChI is InChI=1S/C17H16Cl2N2O3S/c18-15-8-3-12(11-16(15)19)17(22)20-13-4-6-14(7-5-13)21-9-1-2-10-25(21,23)24/h3-8,11H,1-2,9-10H2,(H,20,22). The van der Waals surface area contributed by atoms with E-state index >= 15 is 0 Å². The number of amides is 1. The van der Waals surface area contributed by atoms with Crippen molar-refractivity contribution in [2.24, 2.45) is 0 Å². The molecule has 1 heterocycles. The molecule has 1 amide bonds. The normalized spacial score (nSPS) is 16.5. The first-order chi connectivity index (χ1) is 11.9. The fourth-order valence-corrected chi connectivity index (χ4v) is 4.57. The lowest BCUT2D eigenvalue weighted by molar-refractivity contribution is 0.102. The van der Waals surface area contributed by atoms with Crippen molar-refractivity contribution in [3.63, 3.8) is 0 Å². The average Bonchev–Trinajstić information content (AvgIpc) is 2.58. The van der Waals surface area contributed by atoms with E-state index in [1.807, 2.05) is 0 Å². The van der Waals surface area contributed by atoms with E-state index in [0.717, 1.165) is 6.42 Å². The Morgan fingerprint density at radius 2 is 1.72 bits per heavy atom. The molecule has 2 aromatic carbocycles. The summed E-state index contributed by atoms with van der Waals surface area (Å²) in [6, 6.07) is 11.4. The van der Waals surface area contributed by atoms with Gasteiger partial charge in [-0.3, -0.25) is 9.10 Å². The maximum Gasteiger partial charge on any atom is 0.255 e. The summed E-state index contributed by atoms with van der Waals surface area (Å²) in [7, 11) is -3.25. The zero-order valence-corrected chi connectivity index (χ0v) is 15.5. The number of halogens is 2.